The summed E-state index contributed by atoms with van der Waals surface area (Å²) in [4.78, 5) is 47.1. The lowest BCUT2D eigenvalue weighted by atomic mass is 10.1. The molecule has 4 amide bonds. The summed E-state index contributed by atoms with van der Waals surface area (Å²) < 4.78 is 0. The molecule has 6 rings (SSSR count). The Bertz CT molecular complexity index is 1640. The Morgan fingerprint density at radius 1 is 0.738 bits per heavy atom. The van der Waals surface area contributed by atoms with Gasteiger partial charge in [-0.25, -0.2) is 14.4 Å². The van der Waals surface area contributed by atoms with Gasteiger partial charge in [-0.1, -0.05) is 78.9 Å². The number of hydrogen-bond acceptors (Lipinski definition) is 3. The van der Waals surface area contributed by atoms with Gasteiger partial charge in [0.1, 0.15) is 6.04 Å². The molecule has 0 aromatic heterocycles. The summed E-state index contributed by atoms with van der Waals surface area (Å²) in [6.45, 7) is 2.05. The summed E-state index contributed by atoms with van der Waals surface area (Å²) in [5, 5.41) is 10.3. The third-order valence-electron chi connectivity index (χ3n) is 7.64. The molecule has 0 saturated carbocycles. The van der Waals surface area contributed by atoms with E-state index < -0.39 is 18.0 Å². The van der Waals surface area contributed by atoms with E-state index in [1.807, 2.05) is 122 Å². The number of aliphatic carboxylic acids is 1. The quantitative estimate of drug-likeness (QED) is 0.301. The predicted octanol–water partition coefficient (Wildman–Crippen LogP) is 6.77. The van der Waals surface area contributed by atoms with Crippen molar-refractivity contribution in [2.75, 3.05) is 29.4 Å². The van der Waals surface area contributed by atoms with Gasteiger partial charge in [0.05, 0.1) is 29.3 Å². The number of carbonyl (C=O) groups excluding carboxylic acids is 2. The summed E-state index contributed by atoms with van der Waals surface area (Å²) >= 11 is 0. The molecule has 0 bridgehead atoms. The first-order chi connectivity index (χ1) is 20.4. The highest BCUT2D eigenvalue weighted by atomic mass is 16.4. The number of carboxylic acids is 1. The van der Waals surface area contributed by atoms with Gasteiger partial charge in [-0.15, -0.1) is 0 Å². The second kappa shape index (κ2) is 11.2. The van der Waals surface area contributed by atoms with Crippen LogP contribution in [0.25, 0.3) is 12.2 Å². The van der Waals surface area contributed by atoms with Gasteiger partial charge in [-0.05, 0) is 60.0 Å². The lowest BCUT2D eigenvalue weighted by Crippen LogP contribution is -2.62. The second-order valence-electron chi connectivity index (χ2n) is 10.4. The van der Waals surface area contributed by atoms with Crippen LogP contribution in [0.3, 0.4) is 0 Å². The Morgan fingerprint density at radius 3 is 1.95 bits per heavy atom. The van der Waals surface area contributed by atoms with Gasteiger partial charge >= 0.3 is 18.0 Å². The van der Waals surface area contributed by atoms with E-state index in [1.165, 1.54) is 9.80 Å². The van der Waals surface area contributed by atoms with Crippen LogP contribution in [0.4, 0.5) is 32.3 Å². The van der Waals surface area contributed by atoms with Crippen LogP contribution in [-0.2, 0) is 4.79 Å². The highest BCUT2D eigenvalue weighted by Gasteiger charge is 2.41. The Hall–Kier alpha value is -5.37. The number of nitrogens with zero attached hydrogens (tertiary/aromatic N) is 4. The van der Waals surface area contributed by atoms with Crippen molar-refractivity contribution < 1.29 is 19.5 Å². The van der Waals surface area contributed by atoms with E-state index >= 15 is 0 Å². The molecule has 0 unspecified atom stereocenters. The summed E-state index contributed by atoms with van der Waals surface area (Å²) in [5.41, 5.74) is 5.37. The van der Waals surface area contributed by atoms with Gasteiger partial charge in [-0.3, -0.25) is 9.80 Å². The number of aryl methyl sites for hydroxylation is 1. The van der Waals surface area contributed by atoms with Crippen molar-refractivity contribution in [3.63, 3.8) is 0 Å². The van der Waals surface area contributed by atoms with Crippen molar-refractivity contribution >= 4 is 52.9 Å². The number of amides is 4. The zero-order chi connectivity index (χ0) is 29.2. The van der Waals surface area contributed by atoms with Crippen LogP contribution in [0.5, 0.6) is 0 Å². The van der Waals surface area contributed by atoms with E-state index in [1.54, 1.807) is 9.80 Å². The number of rotatable bonds is 3. The summed E-state index contributed by atoms with van der Waals surface area (Å²) in [6, 6.07) is 29.9. The minimum atomic E-state index is -1.24. The van der Waals surface area contributed by atoms with Gasteiger partial charge in [0.15, 0.2) is 0 Å². The molecule has 2 aliphatic heterocycles. The molecule has 210 valence electrons. The molecule has 0 aliphatic carbocycles. The first-order valence-corrected chi connectivity index (χ1v) is 13.8. The molecule has 0 spiro atoms. The number of carbonyl (C=O) groups is 3. The first kappa shape index (κ1) is 26.8. The fraction of sp³-hybridized carbons (Fsp3) is 0.147. The van der Waals surface area contributed by atoms with Crippen LogP contribution >= 0.6 is 0 Å². The third kappa shape index (κ3) is 4.99. The zero-order valence-corrected chi connectivity index (χ0v) is 23.1. The van der Waals surface area contributed by atoms with E-state index in [0.29, 0.717) is 22.7 Å². The number of fused-ring (bicyclic) bond motifs is 2. The third-order valence-corrected chi connectivity index (χ3v) is 7.64. The molecule has 1 saturated heterocycles. The van der Waals surface area contributed by atoms with Crippen LogP contribution in [0.1, 0.15) is 16.7 Å². The monoisotopic (exact) mass is 558 g/mol. The molecule has 1 N–H and O–H groups in total. The molecular weight excluding hydrogens is 528 g/mol. The summed E-state index contributed by atoms with van der Waals surface area (Å²) in [5.74, 6) is -1.17. The summed E-state index contributed by atoms with van der Waals surface area (Å²) in [6.07, 6.45) is 3.91. The molecule has 8 heteroatoms. The number of urea groups is 2. The number of piperazine rings is 1. The van der Waals surface area contributed by atoms with E-state index in [-0.39, 0.29) is 25.7 Å². The summed E-state index contributed by atoms with van der Waals surface area (Å²) in [7, 11) is 0. The largest absolute Gasteiger partial charge is 0.480 e. The highest BCUT2D eigenvalue weighted by molar-refractivity contribution is 6.07. The van der Waals surface area contributed by atoms with Gasteiger partial charge in [0.25, 0.3) is 0 Å². The fourth-order valence-electron chi connectivity index (χ4n) is 5.56. The second-order valence-corrected chi connectivity index (χ2v) is 10.4. The zero-order valence-electron chi connectivity index (χ0n) is 23.1. The van der Waals surface area contributed by atoms with Gasteiger partial charge < -0.3 is 14.9 Å². The van der Waals surface area contributed by atoms with Crippen LogP contribution in [0.15, 0.2) is 103 Å². The lowest BCUT2D eigenvalue weighted by molar-refractivity contribution is -0.143. The molecule has 4 aromatic rings. The maximum absolute atomic E-state index is 14.3. The molecule has 0 radical (unpaired) electrons. The normalized spacial score (nSPS) is 15.8. The molecular formula is C34H30N4O4. The SMILES string of the molecule is Cc1cccc(N(C(=O)N2CCN(C(=O)N3c4ccccc4C=Cc4ccccc43)[C@H](C(=O)O)C2)c2ccccc2)c1. The average Bonchev–Trinajstić information content (AvgIpc) is 3.18. The van der Waals surface area contributed by atoms with Crippen LogP contribution in [0.2, 0.25) is 0 Å². The van der Waals surface area contributed by atoms with Gasteiger partial charge in [-0.2, -0.15) is 0 Å². The number of benzene rings is 4. The van der Waals surface area contributed by atoms with E-state index in [9.17, 15) is 19.5 Å². The maximum Gasteiger partial charge on any atom is 0.330 e. The Morgan fingerprint density at radius 2 is 1.33 bits per heavy atom. The number of anilines is 4. The number of hydrogen-bond donors (Lipinski definition) is 1. The number of para-hydroxylation sites is 3. The smallest absolute Gasteiger partial charge is 0.330 e. The van der Waals surface area contributed by atoms with E-state index in [0.717, 1.165) is 16.7 Å². The molecule has 2 aliphatic rings. The molecule has 1 atom stereocenters. The molecule has 8 nitrogen and oxygen atoms in total. The Kier molecular flexibility index (Phi) is 7.19. The maximum atomic E-state index is 14.3. The van der Waals surface area contributed by atoms with Crippen molar-refractivity contribution in [2.45, 2.75) is 13.0 Å². The average molecular weight is 559 g/mol. The standard InChI is InChI=1S/C34H30N4O4/c1-24-10-9-15-28(22-24)37(27-13-3-2-4-14-27)33(41)35-20-21-36(31(23-35)32(39)40)34(42)38-29-16-7-5-11-25(29)18-19-26-12-6-8-17-30(26)38/h2-19,22,31H,20-21,23H2,1H3,(H,39,40)/t31-/m0/s1. The fourth-order valence-corrected chi connectivity index (χ4v) is 5.56. The highest BCUT2D eigenvalue weighted by Crippen LogP contribution is 2.38. The van der Waals surface area contributed by atoms with Crippen LogP contribution in [0, 0.1) is 6.92 Å². The minimum absolute atomic E-state index is 0.0618. The van der Waals surface area contributed by atoms with Crippen LogP contribution < -0.4 is 9.80 Å². The van der Waals surface area contributed by atoms with Crippen molar-refractivity contribution in [3.05, 3.63) is 120 Å². The molecule has 4 aromatic carbocycles. The van der Waals surface area contributed by atoms with Crippen molar-refractivity contribution in [1.29, 1.82) is 0 Å². The van der Waals surface area contributed by atoms with Crippen molar-refractivity contribution in [1.82, 2.24) is 9.80 Å². The topological polar surface area (TPSA) is 84.4 Å². The van der Waals surface area contributed by atoms with Gasteiger partial charge in [0.2, 0.25) is 0 Å². The van der Waals surface area contributed by atoms with Gasteiger partial charge in [0, 0.05) is 13.1 Å². The number of carboxylic acid groups (broad SMARTS) is 1. The molecule has 2 heterocycles. The predicted molar refractivity (Wildman–Crippen MR) is 164 cm³/mol. The van der Waals surface area contributed by atoms with Crippen LogP contribution in [-0.4, -0.2) is 58.6 Å². The Balaban J connectivity index is 1.32. The molecule has 42 heavy (non-hydrogen) atoms. The van der Waals surface area contributed by atoms with E-state index in [4.69, 9.17) is 0 Å². The first-order valence-electron chi connectivity index (χ1n) is 13.8. The lowest BCUT2D eigenvalue weighted by Gasteiger charge is -2.42. The molecule has 1 fully saturated rings. The minimum Gasteiger partial charge on any atom is -0.480 e. The van der Waals surface area contributed by atoms with Crippen molar-refractivity contribution in [2.24, 2.45) is 0 Å². The van der Waals surface area contributed by atoms with E-state index in [2.05, 4.69) is 0 Å². The Labute approximate surface area is 244 Å². The van der Waals surface area contributed by atoms with Crippen molar-refractivity contribution in [3.8, 4) is 0 Å².